The van der Waals surface area contributed by atoms with Crippen LogP contribution in [0.15, 0.2) is 12.2 Å². The maximum absolute atomic E-state index is 10.7. The average Bonchev–Trinajstić information content (AvgIpc) is 2.11. The fraction of sp³-hybridized carbons (Fsp3) is 0.375. The predicted octanol–water partition coefficient (Wildman–Crippen LogP) is -0.152. The minimum Gasteiger partial charge on any atom is -0.459 e. The third-order valence-electron chi connectivity index (χ3n) is 1.01. The SMILES string of the molecule is C=C(C)C(=O)OCCOC(=O)C=O. The Balaban J connectivity index is 3.46. The lowest BCUT2D eigenvalue weighted by atomic mass is 10.4. The van der Waals surface area contributed by atoms with Gasteiger partial charge in [0.05, 0.1) is 0 Å². The smallest absolute Gasteiger partial charge is 0.371 e. The van der Waals surface area contributed by atoms with Crippen LogP contribution in [0.3, 0.4) is 0 Å². The summed E-state index contributed by atoms with van der Waals surface area (Å²) in [6.07, 6.45) is 0.0422. The zero-order valence-electron chi connectivity index (χ0n) is 7.24. The zero-order chi connectivity index (χ0) is 10.3. The van der Waals surface area contributed by atoms with Crippen LogP contribution in [-0.2, 0) is 23.9 Å². The van der Waals surface area contributed by atoms with E-state index in [4.69, 9.17) is 0 Å². The number of carbonyl (C=O) groups excluding carboxylic acids is 3. The van der Waals surface area contributed by atoms with Gasteiger partial charge in [-0.05, 0) is 6.92 Å². The van der Waals surface area contributed by atoms with Gasteiger partial charge in [-0.3, -0.25) is 4.79 Å². The van der Waals surface area contributed by atoms with E-state index in [-0.39, 0.29) is 25.1 Å². The molecular weight excluding hydrogens is 176 g/mol. The van der Waals surface area contributed by atoms with Gasteiger partial charge in [-0.2, -0.15) is 0 Å². The standard InChI is InChI=1S/C8H10O5/c1-6(2)8(11)13-4-3-12-7(10)5-9/h5H,1,3-4H2,2H3. The molecule has 5 heteroatoms. The van der Waals surface area contributed by atoms with Gasteiger partial charge in [-0.1, -0.05) is 6.58 Å². The Hall–Kier alpha value is -1.65. The Morgan fingerprint density at radius 3 is 2.31 bits per heavy atom. The zero-order valence-corrected chi connectivity index (χ0v) is 7.24. The molecular formula is C8H10O5. The van der Waals surface area contributed by atoms with E-state index in [2.05, 4.69) is 16.1 Å². The number of hydrogen-bond acceptors (Lipinski definition) is 5. The van der Waals surface area contributed by atoms with E-state index < -0.39 is 11.9 Å². The summed E-state index contributed by atoms with van der Waals surface area (Å²) in [5.41, 5.74) is 0.265. The molecule has 0 radical (unpaired) electrons. The first-order valence-electron chi connectivity index (χ1n) is 3.52. The van der Waals surface area contributed by atoms with E-state index in [0.29, 0.717) is 0 Å². The maximum Gasteiger partial charge on any atom is 0.371 e. The third-order valence-corrected chi connectivity index (χ3v) is 1.01. The van der Waals surface area contributed by atoms with Crippen molar-refractivity contribution < 1.29 is 23.9 Å². The molecule has 5 nitrogen and oxygen atoms in total. The first-order chi connectivity index (χ1) is 6.07. The molecule has 0 saturated heterocycles. The monoisotopic (exact) mass is 186 g/mol. The van der Waals surface area contributed by atoms with Crippen molar-refractivity contribution in [1.29, 1.82) is 0 Å². The van der Waals surface area contributed by atoms with Crippen LogP contribution in [0, 0.1) is 0 Å². The van der Waals surface area contributed by atoms with Crippen molar-refractivity contribution >= 4 is 18.2 Å². The van der Waals surface area contributed by atoms with Crippen LogP contribution in [0.4, 0.5) is 0 Å². The van der Waals surface area contributed by atoms with Crippen LogP contribution in [-0.4, -0.2) is 31.4 Å². The largest absolute Gasteiger partial charge is 0.459 e. The van der Waals surface area contributed by atoms with Gasteiger partial charge in [0.1, 0.15) is 13.2 Å². The molecule has 0 aliphatic carbocycles. The fourth-order valence-electron chi connectivity index (χ4n) is 0.434. The lowest BCUT2D eigenvalue weighted by Gasteiger charge is -2.03. The Bertz CT molecular complexity index is 231. The van der Waals surface area contributed by atoms with Crippen LogP contribution in [0.2, 0.25) is 0 Å². The van der Waals surface area contributed by atoms with Crippen molar-refractivity contribution in [1.82, 2.24) is 0 Å². The van der Waals surface area contributed by atoms with Crippen molar-refractivity contribution in [2.24, 2.45) is 0 Å². The molecule has 0 aromatic carbocycles. The van der Waals surface area contributed by atoms with Crippen molar-refractivity contribution in [3.8, 4) is 0 Å². The fourth-order valence-corrected chi connectivity index (χ4v) is 0.434. The lowest BCUT2D eigenvalue weighted by molar-refractivity contribution is -0.152. The van der Waals surface area contributed by atoms with Crippen LogP contribution < -0.4 is 0 Å². The van der Waals surface area contributed by atoms with Crippen molar-refractivity contribution in [3.05, 3.63) is 12.2 Å². The summed E-state index contributed by atoms with van der Waals surface area (Å²) in [6.45, 7) is 4.64. The first-order valence-corrected chi connectivity index (χ1v) is 3.52. The van der Waals surface area contributed by atoms with E-state index >= 15 is 0 Å². The second kappa shape index (κ2) is 5.93. The highest BCUT2D eigenvalue weighted by atomic mass is 16.6. The molecule has 0 bridgehead atoms. The number of aldehydes is 1. The third kappa shape index (κ3) is 5.60. The summed E-state index contributed by atoms with van der Waals surface area (Å²) in [4.78, 5) is 30.7. The summed E-state index contributed by atoms with van der Waals surface area (Å²) < 4.78 is 8.87. The molecule has 13 heavy (non-hydrogen) atoms. The molecule has 0 amide bonds. The molecule has 0 N–H and O–H groups in total. The minimum atomic E-state index is -0.980. The van der Waals surface area contributed by atoms with Gasteiger partial charge < -0.3 is 9.47 Å². The van der Waals surface area contributed by atoms with Gasteiger partial charge in [0.15, 0.2) is 0 Å². The van der Waals surface area contributed by atoms with Gasteiger partial charge in [0.2, 0.25) is 6.29 Å². The number of hydrogen-bond donors (Lipinski definition) is 0. The summed E-state index contributed by atoms with van der Waals surface area (Å²) in [6, 6.07) is 0. The Labute approximate surface area is 75.3 Å². The molecule has 0 rings (SSSR count). The summed E-state index contributed by atoms with van der Waals surface area (Å²) in [5, 5.41) is 0. The molecule has 72 valence electrons. The Morgan fingerprint density at radius 2 is 1.85 bits per heavy atom. The quantitative estimate of drug-likeness (QED) is 0.196. The van der Waals surface area contributed by atoms with Gasteiger partial charge in [-0.15, -0.1) is 0 Å². The average molecular weight is 186 g/mol. The number of ether oxygens (including phenoxy) is 2. The second-order valence-electron chi connectivity index (χ2n) is 2.20. The molecule has 0 aromatic heterocycles. The Kier molecular flexibility index (Phi) is 5.18. The highest BCUT2D eigenvalue weighted by molar-refractivity contribution is 6.20. The van der Waals surface area contributed by atoms with Gasteiger partial charge >= 0.3 is 11.9 Å². The van der Waals surface area contributed by atoms with Crippen molar-refractivity contribution in [2.45, 2.75) is 6.92 Å². The highest BCUT2D eigenvalue weighted by Gasteiger charge is 2.03. The molecule has 0 aliphatic heterocycles. The minimum absolute atomic E-state index is 0.0422. The molecule has 0 heterocycles. The topological polar surface area (TPSA) is 69.7 Å². The predicted molar refractivity (Wildman–Crippen MR) is 42.8 cm³/mol. The molecule has 0 atom stereocenters. The normalized spacial score (nSPS) is 8.69. The molecule has 0 saturated carbocycles. The molecule has 0 spiro atoms. The van der Waals surface area contributed by atoms with Crippen molar-refractivity contribution in [3.63, 3.8) is 0 Å². The first kappa shape index (κ1) is 11.4. The van der Waals surface area contributed by atoms with Crippen LogP contribution in [0.5, 0.6) is 0 Å². The molecule has 0 aromatic rings. The van der Waals surface area contributed by atoms with Crippen LogP contribution in [0.25, 0.3) is 0 Å². The van der Waals surface area contributed by atoms with Crippen molar-refractivity contribution in [2.75, 3.05) is 13.2 Å². The van der Waals surface area contributed by atoms with E-state index in [1.54, 1.807) is 0 Å². The van der Waals surface area contributed by atoms with Crippen LogP contribution in [0.1, 0.15) is 6.92 Å². The van der Waals surface area contributed by atoms with Gasteiger partial charge in [0, 0.05) is 5.57 Å². The van der Waals surface area contributed by atoms with Crippen LogP contribution >= 0.6 is 0 Å². The van der Waals surface area contributed by atoms with Gasteiger partial charge in [0.25, 0.3) is 0 Å². The number of esters is 2. The molecule has 0 aliphatic rings. The van der Waals surface area contributed by atoms with Gasteiger partial charge in [-0.25, -0.2) is 9.59 Å². The van der Waals surface area contributed by atoms with E-state index in [9.17, 15) is 14.4 Å². The number of carbonyl (C=O) groups is 3. The van der Waals surface area contributed by atoms with E-state index in [1.165, 1.54) is 6.92 Å². The maximum atomic E-state index is 10.7. The molecule has 0 unspecified atom stereocenters. The second-order valence-corrected chi connectivity index (χ2v) is 2.20. The lowest BCUT2D eigenvalue weighted by Crippen LogP contribution is -2.14. The molecule has 0 fully saturated rings. The van der Waals surface area contributed by atoms with E-state index in [0.717, 1.165) is 0 Å². The Morgan fingerprint density at radius 1 is 1.31 bits per heavy atom. The summed E-state index contributed by atoms with van der Waals surface area (Å²) in [5.74, 6) is -1.53. The summed E-state index contributed by atoms with van der Waals surface area (Å²) in [7, 11) is 0. The summed E-state index contributed by atoms with van der Waals surface area (Å²) >= 11 is 0. The van der Waals surface area contributed by atoms with E-state index in [1.807, 2.05) is 0 Å². The highest BCUT2D eigenvalue weighted by Crippen LogP contribution is 1.91. The number of rotatable bonds is 5.